The fraction of sp³-hybridized carbons (Fsp3) is 0.280. The van der Waals surface area contributed by atoms with Crippen molar-refractivity contribution in [3.8, 4) is 0 Å². The Morgan fingerprint density at radius 1 is 1.21 bits per heavy atom. The minimum atomic E-state index is -0.790. The van der Waals surface area contributed by atoms with Crippen LogP contribution < -0.4 is 10.2 Å². The standard InChI is InChI=1S/C25H23FN4O3S/c1-25-11-9-22(32)30(25)20-8-3-2-7-19(20)23(33)29(25)12-10-21(31)28-24-27-15-18(34-24)14-16-5-4-6-17(26)13-16/h2-8,13,15H,9-12,14H2,1H3,(H,27,28,31). The highest BCUT2D eigenvalue weighted by Gasteiger charge is 2.52. The van der Waals surface area contributed by atoms with Crippen LogP contribution in [0.5, 0.6) is 0 Å². The predicted octanol–water partition coefficient (Wildman–Crippen LogP) is 4.20. The zero-order valence-electron chi connectivity index (χ0n) is 18.6. The maximum absolute atomic E-state index is 13.4. The molecule has 0 bridgehead atoms. The fourth-order valence-corrected chi connectivity index (χ4v) is 5.59. The first kappa shape index (κ1) is 22.2. The van der Waals surface area contributed by atoms with Gasteiger partial charge in [-0.15, -0.1) is 11.3 Å². The second-order valence-electron chi connectivity index (χ2n) is 8.66. The van der Waals surface area contributed by atoms with Gasteiger partial charge in [0.15, 0.2) is 5.13 Å². The third kappa shape index (κ3) is 3.96. The van der Waals surface area contributed by atoms with Crippen LogP contribution in [0.25, 0.3) is 0 Å². The Hall–Kier alpha value is -3.59. The highest BCUT2D eigenvalue weighted by molar-refractivity contribution is 7.15. The van der Waals surface area contributed by atoms with Crippen LogP contribution in [0.15, 0.2) is 54.7 Å². The summed E-state index contributed by atoms with van der Waals surface area (Å²) in [6, 6.07) is 13.5. The van der Waals surface area contributed by atoms with E-state index in [1.165, 1.54) is 23.5 Å². The van der Waals surface area contributed by atoms with Crippen molar-refractivity contribution in [2.24, 2.45) is 0 Å². The number of para-hydroxylation sites is 1. The van der Waals surface area contributed by atoms with Gasteiger partial charge in [0.05, 0.1) is 11.3 Å². The second-order valence-corrected chi connectivity index (χ2v) is 9.77. The summed E-state index contributed by atoms with van der Waals surface area (Å²) in [5.74, 6) is -0.756. The van der Waals surface area contributed by atoms with Crippen LogP contribution in [0.1, 0.15) is 47.0 Å². The van der Waals surface area contributed by atoms with E-state index in [4.69, 9.17) is 0 Å². The van der Waals surface area contributed by atoms with Gasteiger partial charge in [0.2, 0.25) is 11.8 Å². The van der Waals surface area contributed by atoms with Gasteiger partial charge < -0.3 is 10.2 Å². The number of fused-ring (bicyclic) bond motifs is 3. The molecular weight excluding hydrogens is 455 g/mol. The summed E-state index contributed by atoms with van der Waals surface area (Å²) in [5.41, 5.74) is 1.14. The van der Waals surface area contributed by atoms with E-state index >= 15 is 0 Å². The molecule has 1 saturated heterocycles. The van der Waals surface area contributed by atoms with Crippen molar-refractivity contribution in [3.05, 3.63) is 76.5 Å². The molecule has 34 heavy (non-hydrogen) atoms. The number of amides is 3. The molecule has 2 aromatic carbocycles. The topological polar surface area (TPSA) is 82.6 Å². The normalized spacial score (nSPS) is 19.2. The Morgan fingerprint density at radius 2 is 2.03 bits per heavy atom. The lowest BCUT2D eigenvalue weighted by Crippen LogP contribution is -2.62. The summed E-state index contributed by atoms with van der Waals surface area (Å²) in [4.78, 5) is 47.1. The van der Waals surface area contributed by atoms with Crippen molar-refractivity contribution >= 4 is 39.9 Å². The molecule has 5 rings (SSSR count). The summed E-state index contributed by atoms with van der Waals surface area (Å²) >= 11 is 1.33. The van der Waals surface area contributed by atoms with Crippen LogP contribution >= 0.6 is 11.3 Å². The average molecular weight is 479 g/mol. The minimum absolute atomic E-state index is 0.0227. The number of hydrogen-bond donors (Lipinski definition) is 1. The molecule has 3 amide bonds. The van der Waals surface area contributed by atoms with E-state index in [-0.39, 0.29) is 36.5 Å². The molecular formula is C25H23FN4O3S. The molecule has 0 aliphatic carbocycles. The first-order valence-electron chi connectivity index (χ1n) is 11.1. The van der Waals surface area contributed by atoms with Gasteiger partial charge in [0.1, 0.15) is 11.5 Å². The molecule has 0 radical (unpaired) electrons. The molecule has 3 aromatic rings. The molecule has 2 aliphatic heterocycles. The largest absolute Gasteiger partial charge is 0.315 e. The number of hydrogen-bond acceptors (Lipinski definition) is 5. The minimum Gasteiger partial charge on any atom is -0.315 e. The van der Waals surface area contributed by atoms with Gasteiger partial charge in [0, 0.05) is 36.9 Å². The fourth-order valence-electron chi connectivity index (χ4n) is 4.73. The van der Waals surface area contributed by atoms with E-state index in [0.717, 1.165) is 10.4 Å². The van der Waals surface area contributed by atoms with Crippen molar-refractivity contribution < 1.29 is 18.8 Å². The van der Waals surface area contributed by atoms with Crippen LogP contribution in [0.3, 0.4) is 0 Å². The summed E-state index contributed by atoms with van der Waals surface area (Å²) in [7, 11) is 0. The van der Waals surface area contributed by atoms with E-state index in [9.17, 15) is 18.8 Å². The number of carbonyl (C=O) groups excluding carboxylic acids is 3. The predicted molar refractivity (Wildman–Crippen MR) is 127 cm³/mol. The molecule has 1 fully saturated rings. The summed E-state index contributed by atoms with van der Waals surface area (Å²) in [6.07, 6.45) is 3.14. The highest BCUT2D eigenvalue weighted by Crippen LogP contribution is 2.44. The average Bonchev–Trinajstić information content (AvgIpc) is 3.37. The Balaban J connectivity index is 1.25. The summed E-state index contributed by atoms with van der Waals surface area (Å²) < 4.78 is 13.4. The Morgan fingerprint density at radius 3 is 2.85 bits per heavy atom. The third-order valence-electron chi connectivity index (χ3n) is 6.38. The van der Waals surface area contributed by atoms with E-state index in [0.29, 0.717) is 35.6 Å². The second kappa shape index (κ2) is 8.64. The number of nitrogens with one attached hydrogen (secondary N) is 1. The van der Waals surface area contributed by atoms with Gasteiger partial charge in [-0.25, -0.2) is 9.37 Å². The highest BCUT2D eigenvalue weighted by atomic mass is 32.1. The molecule has 1 N–H and O–H groups in total. The van der Waals surface area contributed by atoms with Gasteiger partial charge in [0.25, 0.3) is 5.91 Å². The number of benzene rings is 2. The monoisotopic (exact) mass is 478 g/mol. The number of nitrogens with zero attached hydrogens (tertiary/aromatic N) is 3. The van der Waals surface area contributed by atoms with Crippen LogP contribution in [0.4, 0.5) is 15.2 Å². The smallest absolute Gasteiger partial charge is 0.257 e. The number of carbonyl (C=O) groups is 3. The van der Waals surface area contributed by atoms with Gasteiger partial charge in [-0.1, -0.05) is 24.3 Å². The molecule has 0 saturated carbocycles. The van der Waals surface area contributed by atoms with Gasteiger partial charge in [-0.2, -0.15) is 0 Å². The molecule has 0 spiro atoms. The lowest BCUT2D eigenvalue weighted by Gasteiger charge is -2.48. The molecule has 1 aromatic heterocycles. The van der Waals surface area contributed by atoms with Crippen molar-refractivity contribution in [2.45, 2.75) is 38.3 Å². The molecule has 3 heterocycles. The number of halogens is 1. The lowest BCUT2D eigenvalue weighted by molar-refractivity contribution is -0.117. The van der Waals surface area contributed by atoms with E-state index in [2.05, 4.69) is 10.3 Å². The first-order chi connectivity index (χ1) is 16.3. The van der Waals surface area contributed by atoms with Gasteiger partial charge >= 0.3 is 0 Å². The maximum atomic E-state index is 13.4. The number of anilines is 2. The first-order valence-corrected chi connectivity index (χ1v) is 11.9. The van der Waals surface area contributed by atoms with Gasteiger partial charge in [-0.05, 0) is 43.2 Å². The molecule has 1 unspecified atom stereocenters. The number of aromatic nitrogens is 1. The quantitative estimate of drug-likeness (QED) is 0.576. The number of rotatable bonds is 6. The van der Waals surface area contributed by atoms with E-state index in [1.54, 1.807) is 40.3 Å². The van der Waals surface area contributed by atoms with Crippen LogP contribution in [-0.2, 0) is 16.0 Å². The summed E-state index contributed by atoms with van der Waals surface area (Å²) in [6.45, 7) is 2.06. The Labute approximate surface area is 200 Å². The Kier molecular flexibility index (Phi) is 5.65. The summed E-state index contributed by atoms with van der Waals surface area (Å²) in [5, 5.41) is 3.24. The molecule has 9 heteroatoms. The maximum Gasteiger partial charge on any atom is 0.257 e. The lowest BCUT2D eigenvalue weighted by atomic mass is 9.98. The third-order valence-corrected chi connectivity index (χ3v) is 7.29. The SMILES string of the molecule is CC12CCC(=O)N1c1ccccc1C(=O)N2CCC(=O)Nc1ncc(Cc2cccc(F)c2)s1. The van der Waals surface area contributed by atoms with Gasteiger partial charge in [-0.3, -0.25) is 19.3 Å². The Bertz CT molecular complexity index is 1290. The van der Waals surface area contributed by atoms with Crippen molar-refractivity contribution in [1.82, 2.24) is 9.88 Å². The molecule has 174 valence electrons. The van der Waals surface area contributed by atoms with E-state index in [1.807, 2.05) is 19.1 Å². The number of thiazole rings is 1. The molecule has 1 atom stereocenters. The van der Waals surface area contributed by atoms with E-state index < -0.39 is 5.66 Å². The van der Waals surface area contributed by atoms with Crippen molar-refractivity contribution in [1.29, 1.82) is 0 Å². The molecule has 7 nitrogen and oxygen atoms in total. The van der Waals surface area contributed by atoms with Crippen LogP contribution in [0, 0.1) is 5.82 Å². The van der Waals surface area contributed by atoms with Crippen LogP contribution in [-0.4, -0.2) is 39.8 Å². The van der Waals surface area contributed by atoms with Crippen LogP contribution in [0.2, 0.25) is 0 Å². The molecule has 2 aliphatic rings. The van der Waals surface area contributed by atoms with Crippen molar-refractivity contribution in [2.75, 3.05) is 16.8 Å². The van der Waals surface area contributed by atoms with Crippen molar-refractivity contribution in [3.63, 3.8) is 0 Å². The zero-order chi connectivity index (χ0) is 23.9. The zero-order valence-corrected chi connectivity index (χ0v) is 19.4.